The van der Waals surface area contributed by atoms with E-state index in [1.807, 2.05) is 6.07 Å². The Morgan fingerprint density at radius 2 is 2.05 bits per heavy atom. The van der Waals surface area contributed by atoms with Gasteiger partial charge in [-0.25, -0.2) is 9.59 Å². The molecule has 0 atom stereocenters. The largest absolute Gasteiger partial charge is 0.495 e. The highest BCUT2D eigenvalue weighted by molar-refractivity contribution is 5.94. The minimum atomic E-state index is -1.40. The maximum atomic E-state index is 11.7. The van der Waals surface area contributed by atoms with Crippen LogP contribution < -0.4 is 15.4 Å². The van der Waals surface area contributed by atoms with Crippen molar-refractivity contribution >= 4 is 17.7 Å². The van der Waals surface area contributed by atoms with E-state index in [-0.39, 0.29) is 0 Å². The van der Waals surface area contributed by atoms with Gasteiger partial charge in [0.15, 0.2) is 0 Å². The highest BCUT2D eigenvalue weighted by Gasteiger charge is 2.29. The fourth-order valence-corrected chi connectivity index (χ4v) is 1.35. The molecule has 0 saturated heterocycles. The van der Waals surface area contributed by atoms with Crippen molar-refractivity contribution in [3.05, 3.63) is 23.8 Å². The maximum Gasteiger partial charge on any atom is 0.328 e. The minimum Gasteiger partial charge on any atom is -0.495 e. The summed E-state index contributed by atoms with van der Waals surface area (Å²) in [6.07, 6.45) is 0. The van der Waals surface area contributed by atoms with Gasteiger partial charge >= 0.3 is 12.0 Å². The van der Waals surface area contributed by atoms with E-state index in [0.29, 0.717) is 17.0 Å². The van der Waals surface area contributed by atoms with Crippen LogP contribution in [0, 0.1) is 11.3 Å². The molecule has 1 aromatic carbocycles. The van der Waals surface area contributed by atoms with Crippen LogP contribution in [0.4, 0.5) is 10.5 Å². The van der Waals surface area contributed by atoms with E-state index in [9.17, 15) is 9.59 Å². The number of anilines is 1. The molecule has 7 heteroatoms. The Balaban J connectivity index is 2.86. The lowest BCUT2D eigenvalue weighted by atomic mass is 10.1. The molecule has 0 saturated carbocycles. The first-order chi connectivity index (χ1) is 9.30. The number of ether oxygens (including phenoxy) is 1. The zero-order valence-electron chi connectivity index (χ0n) is 11.4. The zero-order valence-corrected chi connectivity index (χ0v) is 11.4. The Labute approximate surface area is 116 Å². The molecule has 0 aromatic heterocycles. The van der Waals surface area contributed by atoms with Crippen molar-refractivity contribution in [2.24, 2.45) is 0 Å². The molecule has 2 amide bonds. The summed E-state index contributed by atoms with van der Waals surface area (Å²) in [6, 6.07) is 5.76. The Hall–Kier alpha value is -2.75. The average molecular weight is 277 g/mol. The van der Waals surface area contributed by atoms with E-state index < -0.39 is 17.5 Å². The van der Waals surface area contributed by atoms with Gasteiger partial charge in [0.1, 0.15) is 11.3 Å². The summed E-state index contributed by atoms with van der Waals surface area (Å²) in [4.78, 5) is 22.7. The van der Waals surface area contributed by atoms with Gasteiger partial charge in [0, 0.05) is 6.07 Å². The van der Waals surface area contributed by atoms with Crippen molar-refractivity contribution in [1.82, 2.24) is 5.32 Å². The highest BCUT2D eigenvalue weighted by atomic mass is 16.5. The second kappa shape index (κ2) is 5.93. The molecule has 0 radical (unpaired) electrons. The number of carbonyl (C=O) groups is 2. The van der Waals surface area contributed by atoms with Crippen LogP contribution in [-0.2, 0) is 4.79 Å². The molecule has 0 unspecified atom stereocenters. The quantitative estimate of drug-likeness (QED) is 0.773. The normalized spacial score (nSPS) is 10.3. The lowest BCUT2D eigenvalue weighted by Crippen LogP contribution is -2.51. The Kier molecular flexibility index (Phi) is 4.54. The second-order valence-electron chi connectivity index (χ2n) is 4.54. The van der Waals surface area contributed by atoms with Crippen LogP contribution in [0.2, 0.25) is 0 Å². The zero-order chi connectivity index (χ0) is 15.3. The Bertz CT molecular complexity index is 575. The van der Waals surface area contributed by atoms with Gasteiger partial charge in [-0.3, -0.25) is 0 Å². The molecule has 7 nitrogen and oxygen atoms in total. The van der Waals surface area contributed by atoms with Crippen molar-refractivity contribution < 1.29 is 19.4 Å². The molecule has 106 valence electrons. The Morgan fingerprint density at radius 3 is 2.55 bits per heavy atom. The van der Waals surface area contributed by atoms with Crippen molar-refractivity contribution in [3.63, 3.8) is 0 Å². The third kappa shape index (κ3) is 3.62. The molecule has 0 aliphatic heterocycles. The number of nitrogens with one attached hydrogen (secondary N) is 2. The lowest BCUT2D eigenvalue weighted by molar-refractivity contribution is -0.142. The fraction of sp³-hybridized carbons (Fsp3) is 0.308. The SMILES string of the molecule is COc1cc(C#N)ccc1NC(=O)NC(C)(C)C(=O)O. The van der Waals surface area contributed by atoms with Crippen LogP contribution in [0.3, 0.4) is 0 Å². The molecule has 1 aromatic rings. The third-order valence-corrected chi connectivity index (χ3v) is 2.54. The maximum absolute atomic E-state index is 11.7. The number of carbonyl (C=O) groups excluding carboxylic acids is 1. The number of nitrogens with zero attached hydrogens (tertiary/aromatic N) is 1. The number of benzene rings is 1. The molecule has 0 aliphatic rings. The van der Waals surface area contributed by atoms with Crippen LogP contribution in [0.1, 0.15) is 19.4 Å². The van der Waals surface area contributed by atoms with Gasteiger partial charge in [-0.1, -0.05) is 0 Å². The van der Waals surface area contributed by atoms with Gasteiger partial charge < -0.3 is 20.5 Å². The summed E-state index contributed by atoms with van der Waals surface area (Å²) in [5, 5.41) is 22.5. The number of carboxylic acids is 1. The number of aliphatic carboxylic acids is 1. The second-order valence-corrected chi connectivity index (χ2v) is 4.54. The van der Waals surface area contributed by atoms with Gasteiger partial charge in [0.25, 0.3) is 0 Å². The number of hydrogen-bond donors (Lipinski definition) is 3. The fourth-order valence-electron chi connectivity index (χ4n) is 1.35. The van der Waals surface area contributed by atoms with Crippen molar-refractivity contribution in [2.45, 2.75) is 19.4 Å². The molecule has 0 heterocycles. The van der Waals surface area contributed by atoms with Gasteiger partial charge in [0.05, 0.1) is 24.4 Å². The minimum absolute atomic E-state index is 0.312. The van der Waals surface area contributed by atoms with Crippen LogP contribution >= 0.6 is 0 Å². The summed E-state index contributed by atoms with van der Waals surface area (Å²) in [6.45, 7) is 2.73. The molecule has 20 heavy (non-hydrogen) atoms. The van der Waals surface area contributed by atoms with Gasteiger partial charge in [-0.15, -0.1) is 0 Å². The number of methoxy groups -OCH3 is 1. The van der Waals surface area contributed by atoms with Crippen LogP contribution in [-0.4, -0.2) is 29.8 Å². The van der Waals surface area contributed by atoms with Crippen molar-refractivity contribution in [2.75, 3.05) is 12.4 Å². The van der Waals surface area contributed by atoms with E-state index in [1.54, 1.807) is 0 Å². The van der Waals surface area contributed by atoms with E-state index >= 15 is 0 Å². The lowest BCUT2D eigenvalue weighted by Gasteiger charge is -2.21. The first kappa shape index (κ1) is 15.3. The first-order valence-corrected chi connectivity index (χ1v) is 5.71. The summed E-state index contributed by atoms with van der Waals surface area (Å²) >= 11 is 0. The number of hydrogen-bond acceptors (Lipinski definition) is 4. The summed E-state index contributed by atoms with van der Waals surface area (Å²) < 4.78 is 5.06. The highest BCUT2D eigenvalue weighted by Crippen LogP contribution is 2.25. The van der Waals surface area contributed by atoms with E-state index in [1.165, 1.54) is 39.2 Å². The first-order valence-electron chi connectivity index (χ1n) is 5.71. The predicted octanol–water partition coefficient (Wildman–Crippen LogP) is 1.55. The number of amides is 2. The van der Waals surface area contributed by atoms with E-state index in [0.717, 1.165) is 0 Å². The molecule has 3 N–H and O–H groups in total. The van der Waals surface area contributed by atoms with Crippen molar-refractivity contribution in [1.29, 1.82) is 5.26 Å². The van der Waals surface area contributed by atoms with Gasteiger partial charge in [0.2, 0.25) is 0 Å². The standard InChI is InChI=1S/C13H15N3O4/c1-13(2,11(17)18)16-12(19)15-9-5-4-8(7-14)6-10(9)20-3/h4-6H,1-3H3,(H,17,18)(H2,15,16,19). The smallest absolute Gasteiger partial charge is 0.328 e. The predicted molar refractivity (Wildman–Crippen MR) is 71.6 cm³/mol. The summed E-state index contributed by atoms with van der Waals surface area (Å²) in [5.41, 5.74) is -0.673. The van der Waals surface area contributed by atoms with Crippen LogP contribution in [0.15, 0.2) is 18.2 Å². The molecular weight excluding hydrogens is 262 g/mol. The average Bonchev–Trinajstić information content (AvgIpc) is 2.38. The summed E-state index contributed by atoms with van der Waals surface area (Å²) in [5.74, 6) is -0.841. The molecule has 0 aliphatic carbocycles. The molecule has 0 fully saturated rings. The number of carboxylic acid groups (broad SMARTS) is 1. The molecule has 0 spiro atoms. The topological polar surface area (TPSA) is 111 Å². The number of nitriles is 1. The number of rotatable bonds is 4. The van der Waals surface area contributed by atoms with Crippen LogP contribution in [0.5, 0.6) is 5.75 Å². The molecule has 0 bridgehead atoms. The van der Waals surface area contributed by atoms with E-state index in [2.05, 4.69) is 10.6 Å². The van der Waals surface area contributed by atoms with Crippen LogP contribution in [0.25, 0.3) is 0 Å². The monoisotopic (exact) mass is 277 g/mol. The van der Waals surface area contributed by atoms with E-state index in [4.69, 9.17) is 15.1 Å². The van der Waals surface area contributed by atoms with Crippen molar-refractivity contribution in [3.8, 4) is 11.8 Å². The third-order valence-electron chi connectivity index (χ3n) is 2.54. The van der Waals surface area contributed by atoms with Gasteiger partial charge in [-0.2, -0.15) is 5.26 Å². The van der Waals surface area contributed by atoms with Gasteiger partial charge in [-0.05, 0) is 26.0 Å². The summed E-state index contributed by atoms with van der Waals surface area (Å²) in [7, 11) is 1.40. The molecule has 1 rings (SSSR count). The molecular formula is C13H15N3O4. The number of urea groups is 1. The Morgan fingerprint density at radius 1 is 1.40 bits per heavy atom.